The number of amides is 1. The first kappa shape index (κ1) is 20.8. The molecule has 1 amide bonds. The molecule has 1 aromatic heterocycles. The Kier molecular flexibility index (Phi) is 6.48. The molecule has 27 heavy (non-hydrogen) atoms. The number of nitrogens with zero attached hydrogens (tertiary/aromatic N) is 4. The number of halogens is 4. The summed E-state index contributed by atoms with van der Waals surface area (Å²) in [6.45, 7) is 2.44. The molecule has 0 saturated heterocycles. The van der Waals surface area contributed by atoms with Crippen LogP contribution in [0.15, 0.2) is 30.6 Å². The Hall–Kier alpha value is -2.55. The molecule has 10 heteroatoms. The number of anilines is 1. The molecule has 2 aromatic rings. The van der Waals surface area contributed by atoms with Gasteiger partial charge in [0.25, 0.3) is 0 Å². The lowest BCUT2D eigenvalue weighted by atomic mass is 10.2. The Bertz CT molecular complexity index is 817. The second kappa shape index (κ2) is 8.43. The Morgan fingerprint density at radius 2 is 1.93 bits per heavy atom. The summed E-state index contributed by atoms with van der Waals surface area (Å²) in [6, 6.07) is 3.24. The summed E-state index contributed by atoms with van der Waals surface area (Å²) in [7, 11) is 3.44. The molecule has 0 fully saturated rings. The fourth-order valence-corrected chi connectivity index (χ4v) is 2.27. The van der Waals surface area contributed by atoms with Gasteiger partial charge in [0.2, 0.25) is 11.8 Å². The van der Waals surface area contributed by atoms with Crippen molar-refractivity contribution in [3.05, 3.63) is 41.2 Å². The zero-order valence-electron chi connectivity index (χ0n) is 14.9. The molecular weight excluding hydrogens is 385 g/mol. The molecule has 0 aliphatic carbocycles. The van der Waals surface area contributed by atoms with E-state index in [-0.39, 0.29) is 17.5 Å². The van der Waals surface area contributed by atoms with Gasteiger partial charge in [-0.3, -0.25) is 9.78 Å². The third-order valence-electron chi connectivity index (χ3n) is 3.76. The quantitative estimate of drug-likeness (QED) is 0.734. The molecule has 0 spiro atoms. The summed E-state index contributed by atoms with van der Waals surface area (Å²) in [5.41, 5.74) is -0.991. The summed E-state index contributed by atoms with van der Waals surface area (Å²) in [6.07, 6.45) is -1.81. The molecule has 6 nitrogen and oxygen atoms in total. The van der Waals surface area contributed by atoms with Crippen molar-refractivity contribution in [2.45, 2.75) is 13.1 Å². The van der Waals surface area contributed by atoms with Crippen LogP contribution in [0.3, 0.4) is 0 Å². The maximum absolute atomic E-state index is 12.9. The molecule has 0 N–H and O–H groups in total. The fourth-order valence-electron chi connectivity index (χ4n) is 2.05. The summed E-state index contributed by atoms with van der Waals surface area (Å²) >= 11 is 5.59. The number of carbonyl (C=O) groups excluding carboxylic acids is 1. The van der Waals surface area contributed by atoms with Crippen molar-refractivity contribution in [2.75, 3.05) is 32.1 Å². The number of hydrogen-bond acceptors (Lipinski definition) is 5. The van der Waals surface area contributed by atoms with Crippen molar-refractivity contribution >= 4 is 23.3 Å². The van der Waals surface area contributed by atoms with Crippen molar-refractivity contribution in [3.63, 3.8) is 0 Å². The third kappa shape index (κ3) is 5.72. The zero-order chi connectivity index (χ0) is 20.2. The molecule has 0 aliphatic heterocycles. The van der Waals surface area contributed by atoms with E-state index in [0.29, 0.717) is 18.9 Å². The topological polar surface area (TPSA) is 58.6 Å². The van der Waals surface area contributed by atoms with Gasteiger partial charge in [0.15, 0.2) is 5.82 Å². The molecule has 0 atom stereocenters. The first-order chi connectivity index (χ1) is 12.6. The van der Waals surface area contributed by atoms with E-state index >= 15 is 0 Å². The minimum absolute atomic E-state index is 0.0368. The van der Waals surface area contributed by atoms with Gasteiger partial charge < -0.3 is 14.5 Å². The van der Waals surface area contributed by atoms with Crippen LogP contribution in [0.25, 0.3) is 0 Å². The monoisotopic (exact) mass is 402 g/mol. The van der Waals surface area contributed by atoms with E-state index < -0.39 is 16.8 Å². The Balaban J connectivity index is 2.13. The fraction of sp³-hybridized carbons (Fsp3) is 0.353. The largest absolute Gasteiger partial charge is 0.437 e. The van der Waals surface area contributed by atoms with Crippen LogP contribution in [-0.2, 0) is 11.0 Å². The second-order valence-corrected chi connectivity index (χ2v) is 6.23. The summed E-state index contributed by atoms with van der Waals surface area (Å²) in [5.74, 6) is 0.371. The highest BCUT2D eigenvalue weighted by Gasteiger charge is 2.33. The van der Waals surface area contributed by atoms with Crippen LogP contribution in [0.1, 0.15) is 12.5 Å². The average molecular weight is 403 g/mol. The van der Waals surface area contributed by atoms with Crippen molar-refractivity contribution < 1.29 is 22.7 Å². The maximum atomic E-state index is 12.9. The Morgan fingerprint density at radius 3 is 2.56 bits per heavy atom. The SMILES string of the molecule is CC(=O)N(C)CCN(C)c1cncc(Oc2ccc(Cl)c(C(F)(F)F)c2)n1. The van der Waals surface area contributed by atoms with Gasteiger partial charge in [-0.2, -0.15) is 18.2 Å². The number of hydrogen-bond donors (Lipinski definition) is 0. The summed E-state index contributed by atoms with van der Waals surface area (Å²) < 4.78 is 44.2. The maximum Gasteiger partial charge on any atom is 0.417 e. The molecule has 1 heterocycles. The zero-order valence-corrected chi connectivity index (χ0v) is 15.7. The number of likely N-dealkylation sites (N-methyl/N-ethyl adjacent to an activating group) is 2. The van der Waals surface area contributed by atoms with E-state index in [1.807, 2.05) is 0 Å². The molecule has 0 bridgehead atoms. The van der Waals surface area contributed by atoms with E-state index in [0.717, 1.165) is 12.1 Å². The van der Waals surface area contributed by atoms with Crippen molar-refractivity contribution in [3.8, 4) is 11.6 Å². The second-order valence-electron chi connectivity index (χ2n) is 5.82. The van der Waals surface area contributed by atoms with Crippen LogP contribution < -0.4 is 9.64 Å². The van der Waals surface area contributed by atoms with Gasteiger partial charge in [-0.05, 0) is 18.2 Å². The molecule has 2 rings (SSSR count). The van der Waals surface area contributed by atoms with Crippen LogP contribution in [-0.4, -0.2) is 48.0 Å². The number of carbonyl (C=O) groups is 1. The van der Waals surface area contributed by atoms with Crippen molar-refractivity contribution in [1.82, 2.24) is 14.9 Å². The average Bonchev–Trinajstić information content (AvgIpc) is 2.60. The van der Waals surface area contributed by atoms with Crippen LogP contribution in [0.5, 0.6) is 11.6 Å². The lowest BCUT2D eigenvalue weighted by Gasteiger charge is -2.22. The number of rotatable bonds is 6. The lowest BCUT2D eigenvalue weighted by Crippen LogP contribution is -2.33. The van der Waals surface area contributed by atoms with Gasteiger partial charge in [-0.15, -0.1) is 0 Å². The Morgan fingerprint density at radius 1 is 1.22 bits per heavy atom. The molecule has 146 valence electrons. The number of aromatic nitrogens is 2. The summed E-state index contributed by atoms with van der Waals surface area (Å²) in [4.78, 5) is 22.8. The van der Waals surface area contributed by atoms with Gasteiger partial charge in [-0.25, -0.2) is 0 Å². The van der Waals surface area contributed by atoms with E-state index in [9.17, 15) is 18.0 Å². The molecular formula is C17H18ClF3N4O2. The molecule has 0 radical (unpaired) electrons. The highest BCUT2D eigenvalue weighted by Crippen LogP contribution is 2.37. The van der Waals surface area contributed by atoms with Crippen molar-refractivity contribution in [1.29, 1.82) is 0 Å². The highest BCUT2D eigenvalue weighted by atomic mass is 35.5. The number of ether oxygens (including phenoxy) is 1. The number of benzene rings is 1. The molecule has 0 saturated carbocycles. The first-order valence-electron chi connectivity index (χ1n) is 7.87. The third-order valence-corrected chi connectivity index (χ3v) is 4.09. The predicted molar refractivity (Wildman–Crippen MR) is 95.1 cm³/mol. The van der Waals surface area contributed by atoms with E-state index in [4.69, 9.17) is 16.3 Å². The van der Waals surface area contributed by atoms with Crippen LogP contribution in [0.2, 0.25) is 5.02 Å². The van der Waals surface area contributed by atoms with Crippen LogP contribution >= 0.6 is 11.6 Å². The van der Waals surface area contributed by atoms with Crippen LogP contribution in [0, 0.1) is 0 Å². The Labute approximate surface area is 159 Å². The van der Waals surface area contributed by atoms with Gasteiger partial charge >= 0.3 is 6.18 Å². The van der Waals surface area contributed by atoms with Gasteiger partial charge in [0.1, 0.15) is 5.75 Å². The molecule has 1 aromatic carbocycles. The highest BCUT2D eigenvalue weighted by molar-refractivity contribution is 6.31. The minimum atomic E-state index is -4.59. The molecule has 0 unspecified atom stereocenters. The van der Waals surface area contributed by atoms with Gasteiger partial charge in [0, 0.05) is 34.1 Å². The smallest absolute Gasteiger partial charge is 0.417 e. The minimum Gasteiger partial charge on any atom is -0.437 e. The van der Waals surface area contributed by atoms with Gasteiger partial charge in [0.05, 0.1) is 23.0 Å². The van der Waals surface area contributed by atoms with Gasteiger partial charge in [-0.1, -0.05) is 11.6 Å². The standard InChI is InChI=1S/C17H18ClF3N4O2/c1-11(26)24(2)6-7-25(3)15-9-22-10-16(23-15)27-12-4-5-14(18)13(8-12)17(19,20)21/h4-5,8-10H,6-7H2,1-3H3. The number of alkyl halides is 3. The lowest BCUT2D eigenvalue weighted by molar-refractivity contribution is -0.137. The summed E-state index contributed by atoms with van der Waals surface area (Å²) in [5, 5.41) is -0.413. The van der Waals surface area contributed by atoms with E-state index in [1.54, 1.807) is 23.9 Å². The normalized spacial score (nSPS) is 11.2. The first-order valence-corrected chi connectivity index (χ1v) is 8.25. The van der Waals surface area contributed by atoms with E-state index in [1.165, 1.54) is 25.4 Å². The van der Waals surface area contributed by atoms with Crippen molar-refractivity contribution in [2.24, 2.45) is 0 Å². The van der Waals surface area contributed by atoms with E-state index in [2.05, 4.69) is 9.97 Å². The predicted octanol–water partition coefficient (Wildman–Crippen LogP) is 3.86. The van der Waals surface area contributed by atoms with Crippen LogP contribution in [0.4, 0.5) is 19.0 Å². The molecule has 0 aliphatic rings.